The molecule has 9 heteroatoms. The second-order valence-corrected chi connectivity index (χ2v) is 9.24. The Bertz CT molecular complexity index is 1420. The summed E-state index contributed by atoms with van der Waals surface area (Å²) in [5, 5.41) is 12.6. The second kappa shape index (κ2) is 11.2. The molecular weight excluding hydrogens is 488 g/mol. The van der Waals surface area contributed by atoms with Crippen molar-refractivity contribution in [3.63, 3.8) is 0 Å². The van der Waals surface area contributed by atoms with E-state index in [9.17, 15) is 4.79 Å². The zero-order valence-electron chi connectivity index (χ0n) is 20.3. The number of rotatable bonds is 10. The van der Waals surface area contributed by atoms with Crippen LogP contribution in [0, 0.1) is 0 Å². The van der Waals surface area contributed by atoms with Gasteiger partial charge < -0.3 is 19.5 Å². The first-order chi connectivity index (χ1) is 18.1. The molecule has 0 fully saturated rings. The highest BCUT2D eigenvalue weighted by atomic mass is 32.2. The number of ether oxygens (including phenoxy) is 3. The number of aromatic nitrogens is 3. The largest absolute Gasteiger partial charge is 0.497 e. The smallest absolute Gasteiger partial charge is 0.251 e. The predicted molar refractivity (Wildman–Crippen MR) is 142 cm³/mol. The fourth-order valence-corrected chi connectivity index (χ4v) is 4.80. The Kier molecular flexibility index (Phi) is 7.41. The molecule has 0 radical (unpaired) electrons. The highest BCUT2D eigenvalue weighted by Crippen LogP contribution is 2.32. The average molecular weight is 515 g/mol. The number of amides is 1. The van der Waals surface area contributed by atoms with Gasteiger partial charge in [-0.1, -0.05) is 48.2 Å². The predicted octanol–water partition coefficient (Wildman–Crippen LogP) is 5.09. The highest BCUT2D eigenvalue weighted by Gasteiger charge is 2.16. The number of carbonyl (C=O) groups is 1. The van der Waals surface area contributed by atoms with E-state index in [2.05, 4.69) is 22.1 Å². The molecule has 5 rings (SSSR count). The lowest BCUT2D eigenvalue weighted by Crippen LogP contribution is -2.22. The molecule has 1 aliphatic rings. The van der Waals surface area contributed by atoms with Gasteiger partial charge in [0.25, 0.3) is 5.91 Å². The third-order valence-electron chi connectivity index (χ3n) is 5.83. The number of carbonyl (C=O) groups excluding carboxylic acids is 1. The molecule has 1 N–H and O–H groups in total. The van der Waals surface area contributed by atoms with Gasteiger partial charge in [-0.25, -0.2) is 0 Å². The summed E-state index contributed by atoms with van der Waals surface area (Å²) < 4.78 is 18.1. The van der Waals surface area contributed by atoms with Gasteiger partial charge in [-0.2, -0.15) is 0 Å². The van der Waals surface area contributed by atoms with E-state index in [-0.39, 0.29) is 12.7 Å². The molecule has 37 heavy (non-hydrogen) atoms. The third-order valence-corrected chi connectivity index (χ3v) is 6.87. The molecule has 8 nitrogen and oxygen atoms in total. The number of nitrogens with one attached hydrogen (secondary N) is 1. The number of allylic oxidation sites excluding steroid dienone is 1. The third kappa shape index (κ3) is 5.62. The molecule has 4 aromatic rings. The first-order valence-electron chi connectivity index (χ1n) is 11.7. The molecule has 188 valence electrons. The summed E-state index contributed by atoms with van der Waals surface area (Å²) in [5.74, 6) is 3.50. The van der Waals surface area contributed by atoms with Crippen LogP contribution in [0.2, 0.25) is 0 Å². The SMILES string of the molecule is C=CCn1c(SCc2ccc(C(=O)NCc3ccc4c(c3)OCO4)cc2)nnc1-c1cccc(OC)c1. The molecule has 0 bridgehead atoms. The van der Waals surface area contributed by atoms with Crippen LogP contribution >= 0.6 is 11.8 Å². The molecule has 0 saturated heterocycles. The highest BCUT2D eigenvalue weighted by molar-refractivity contribution is 7.98. The molecular formula is C28H26N4O4S. The number of nitrogens with zero attached hydrogens (tertiary/aromatic N) is 3. The van der Waals surface area contributed by atoms with E-state index in [1.807, 2.05) is 77.4 Å². The number of benzene rings is 3. The van der Waals surface area contributed by atoms with E-state index >= 15 is 0 Å². The normalized spacial score (nSPS) is 11.8. The fourth-order valence-electron chi connectivity index (χ4n) is 3.90. The van der Waals surface area contributed by atoms with Gasteiger partial charge in [0.2, 0.25) is 6.79 Å². The molecule has 3 aromatic carbocycles. The van der Waals surface area contributed by atoms with Crippen molar-refractivity contribution in [1.82, 2.24) is 20.1 Å². The average Bonchev–Trinajstić information content (AvgIpc) is 3.57. The topological polar surface area (TPSA) is 87.5 Å². The van der Waals surface area contributed by atoms with E-state index in [1.165, 1.54) is 0 Å². The van der Waals surface area contributed by atoms with E-state index in [4.69, 9.17) is 14.2 Å². The molecule has 1 aliphatic heterocycles. The minimum Gasteiger partial charge on any atom is -0.497 e. The summed E-state index contributed by atoms with van der Waals surface area (Å²) >= 11 is 1.58. The zero-order chi connectivity index (χ0) is 25.6. The van der Waals surface area contributed by atoms with Crippen LogP contribution in [0.1, 0.15) is 21.5 Å². The maximum absolute atomic E-state index is 12.6. The van der Waals surface area contributed by atoms with E-state index in [1.54, 1.807) is 18.9 Å². The van der Waals surface area contributed by atoms with Crippen molar-refractivity contribution in [1.29, 1.82) is 0 Å². The van der Waals surface area contributed by atoms with Crippen LogP contribution < -0.4 is 19.5 Å². The Morgan fingerprint density at radius 3 is 2.70 bits per heavy atom. The lowest BCUT2D eigenvalue weighted by atomic mass is 10.1. The van der Waals surface area contributed by atoms with E-state index in [0.717, 1.165) is 39.2 Å². The second-order valence-electron chi connectivity index (χ2n) is 8.29. The monoisotopic (exact) mass is 514 g/mol. The molecule has 0 atom stereocenters. The van der Waals surface area contributed by atoms with E-state index in [0.29, 0.717) is 30.2 Å². The van der Waals surface area contributed by atoms with Gasteiger partial charge in [0.1, 0.15) is 5.75 Å². The Morgan fingerprint density at radius 2 is 1.89 bits per heavy atom. The number of hydrogen-bond donors (Lipinski definition) is 1. The number of methoxy groups -OCH3 is 1. The summed E-state index contributed by atoms with van der Waals surface area (Å²) in [7, 11) is 1.64. The molecule has 0 spiro atoms. The molecule has 2 heterocycles. The van der Waals surface area contributed by atoms with Gasteiger partial charge in [-0.15, -0.1) is 16.8 Å². The van der Waals surface area contributed by atoms with Crippen LogP contribution in [-0.2, 0) is 18.8 Å². The standard InChI is InChI=1S/C28H26N4O4S/c1-3-13-32-26(22-5-4-6-23(15-22)34-2)30-31-28(32)37-17-19-7-10-21(11-8-19)27(33)29-16-20-9-12-24-25(14-20)36-18-35-24/h3-12,14-15H,1,13,16-18H2,2H3,(H,29,33). The number of hydrogen-bond acceptors (Lipinski definition) is 7. The fraction of sp³-hybridized carbons (Fsp3) is 0.179. The summed E-state index contributed by atoms with van der Waals surface area (Å²) in [6.45, 7) is 5.10. The molecule has 1 amide bonds. The van der Waals surface area contributed by atoms with Gasteiger partial charge in [-0.05, 0) is 47.5 Å². The van der Waals surface area contributed by atoms with Crippen molar-refractivity contribution in [3.05, 3.63) is 96.1 Å². The van der Waals surface area contributed by atoms with Crippen molar-refractivity contribution in [3.8, 4) is 28.6 Å². The van der Waals surface area contributed by atoms with Crippen molar-refractivity contribution < 1.29 is 19.0 Å². The summed E-state index contributed by atoms with van der Waals surface area (Å²) in [6.07, 6.45) is 1.83. The van der Waals surface area contributed by atoms with Crippen LogP contribution in [0.5, 0.6) is 17.2 Å². The molecule has 1 aromatic heterocycles. The van der Waals surface area contributed by atoms with Gasteiger partial charge in [0.05, 0.1) is 7.11 Å². The Balaban J connectivity index is 1.20. The maximum Gasteiger partial charge on any atom is 0.251 e. The van der Waals surface area contributed by atoms with Gasteiger partial charge in [-0.3, -0.25) is 9.36 Å². The lowest BCUT2D eigenvalue weighted by molar-refractivity contribution is 0.0951. The maximum atomic E-state index is 12.6. The molecule has 0 aliphatic carbocycles. The zero-order valence-corrected chi connectivity index (χ0v) is 21.2. The van der Waals surface area contributed by atoms with Crippen molar-refractivity contribution in [2.24, 2.45) is 0 Å². The summed E-state index contributed by atoms with van der Waals surface area (Å²) in [6, 6.07) is 21.0. The first kappa shape index (κ1) is 24.5. The van der Waals surface area contributed by atoms with Crippen LogP contribution in [-0.4, -0.2) is 34.6 Å². The number of fused-ring (bicyclic) bond motifs is 1. The minimum atomic E-state index is -0.134. The van der Waals surface area contributed by atoms with Gasteiger partial charge >= 0.3 is 0 Å². The van der Waals surface area contributed by atoms with E-state index < -0.39 is 0 Å². The minimum absolute atomic E-state index is 0.134. The first-order valence-corrected chi connectivity index (χ1v) is 12.7. The molecule has 0 saturated carbocycles. The van der Waals surface area contributed by atoms with Gasteiger partial charge in [0, 0.05) is 30.0 Å². The van der Waals surface area contributed by atoms with Crippen molar-refractivity contribution in [2.75, 3.05) is 13.9 Å². The quantitative estimate of drug-likeness (QED) is 0.233. The number of thioether (sulfide) groups is 1. The Morgan fingerprint density at radius 1 is 1.08 bits per heavy atom. The molecule has 0 unspecified atom stereocenters. The van der Waals surface area contributed by atoms with Crippen LogP contribution in [0.4, 0.5) is 0 Å². The summed E-state index contributed by atoms with van der Waals surface area (Å²) in [4.78, 5) is 12.6. The van der Waals surface area contributed by atoms with Crippen molar-refractivity contribution >= 4 is 17.7 Å². The van der Waals surface area contributed by atoms with Crippen LogP contribution in [0.25, 0.3) is 11.4 Å². The summed E-state index contributed by atoms with van der Waals surface area (Å²) in [5.41, 5.74) is 3.55. The van der Waals surface area contributed by atoms with Gasteiger partial charge in [0.15, 0.2) is 22.5 Å². The Hall–Kier alpha value is -4.24. The lowest BCUT2D eigenvalue weighted by Gasteiger charge is -2.09. The Labute approximate surface area is 219 Å². The van der Waals surface area contributed by atoms with Crippen molar-refractivity contribution in [2.45, 2.75) is 24.0 Å². The van der Waals surface area contributed by atoms with Crippen LogP contribution in [0.15, 0.2) is 84.5 Å². The van der Waals surface area contributed by atoms with Crippen LogP contribution in [0.3, 0.4) is 0 Å².